The van der Waals surface area contributed by atoms with E-state index in [1.165, 1.54) is 6.07 Å². The Morgan fingerprint density at radius 3 is 2.53 bits per heavy atom. The Hall–Kier alpha value is -1.61. The molecule has 1 aromatic carbocycles. The molecule has 3 nitrogen and oxygen atoms in total. The lowest BCUT2D eigenvalue weighted by molar-refractivity contribution is 0.0695. The number of nitriles is 1. The summed E-state index contributed by atoms with van der Waals surface area (Å²) < 4.78 is 24.9. The summed E-state index contributed by atoms with van der Waals surface area (Å²) in [5.41, 5.74) is -1.59. The number of benzene rings is 1. The number of nitrogens with zero attached hydrogens (tertiary/aromatic N) is 1. The van der Waals surface area contributed by atoms with E-state index in [1.807, 2.05) is 0 Å². The highest BCUT2D eigenvalue weighted by atomic mass is 32.1. The fourth-order valence-electron chi connectivity index (χ4n) is 1.11. The third-order valence-electron chi connectivity index (χ3n) is 1.73. The van der Waals surface area contributed by atoms with Crippen molar-refractivity contribution in [2.45, 2.75) is 11.3 Å². The molecule has 1 N–H and O–H groups in total. The zero-order valence-corrected chi connectivity index (χ0v) is 8.13. The second-order valence-electron chi connectivity index (χ2n) is 2.68. The van der Waals surface area contributed by atoms with E-state index in [0.717, 1.165) is 12.1 Å². The molecule has 1 aromatic rings. The summed E-state index contributed by atoms with van der Waals surface area (Å²) in [7, 11) is 0. The molecule has 0 radical (unpaired) electrons. The number of halogens is 2. The molecule has 0 amide bonds. The van der Waals surface area contributed by atoms with Crippen LogP contribution in [0.1, 0.15) is 27.9 Å². The van der Waals surface area contributed by atoms with Crippen molar-refractivity contribution < 1.29 is 18.7 Å². The van der Waals surface area contributed by atoms with Crippen LogP contribution in [0.15, 0.2) is 17.0 Å². The van der Waals surface area contributed by atoms with E-state index in [-0.39, 0.29) is 4.90 Å². The lowest BCUT2D eigenvalue weighted by Gasteiger charge is -2.06. The number of rotatable bonds is 2. The van der Waals surface area contributed by atoms with Crippen LogP contribution in [0, 0.1) is 11.3 Å². The number of hydrogen-bond donors (Lipinski definition) is 2. The summed E-state index contributed by atoms with van der Waals surface area (Å²) in [6, 6.07) is 3.51. The van der Waals surface area contributed by atoms with Crippen molar-refractivity contribution in [3.05, 3.63) is 28.8 Å². The summed E-state index contributed by atoms with van der Waals surface area (Å²) >= 11 is 3.79. The number of carbonyl (C=O) groups is 1. The van der Waals surface area contributed by atoms with Crippen LogP contribution in [-0.2, 0) is 0 Å². The van der Waals surface area contributed by atoms with Gasteiger partial charge in [-0.2, -0.15) is 5.26 Å². The van der Waals surface area contributed by atoms with E-state index in [9.17, 15) is 13.6 Å². The van der Waals surface area contributed by atoms with Gasteiger partial charge in [0.05, 0.1) is 11.1 Å². The molecule has 78 valence electrons. The van der Waals surface area contributed by atoms with Crippen LogP contribution in [0.5, 0.6) is 0 Å². The Morgan fingerprint density at radius 1 is 1.53 bits per heavy atom. The smallest absolute Gasteiger partial charge is 0.337 e. The molecule has 0 aliphatic carbocycles. The first-order chi connectivity index (χ1) is 6.97. The molecule has 0 aromatic heterocycles. The van der Waals surface area contributed by atoms with E-state index < -0.39 is 29.1 Å². The summed E-state index contributed by atoms with van der Waals surface area (Å²) in [5, 5.41) is 17.3. The average Bonchev–Trinajstić information content (AvgIpc) is 2.16. The minimum Gasteiger partial charge on any atom is -0.478 e. The van der Waals surface area contributed by atoms with E-state index in [2.05, 4.69) is 12.6 Å². The summed E-state index contributed by atoms with van der Waals surface area (Å²) in [6.07, 6.45) is -2.90. The highest BCUT2D eigenvalue weighted by molar-refractivity contribution is 7.80. The molecule has 0 aliphatic heterocycles. The Morgan fingerprint density at radius 2 is 2.13 bits per heavy atom. The van der Waals surface area contributed by atoms with Crippen LogP contribution >= 0.6 is 12.6 Å². The number of hydrogen-bond acceptors (Lipinski definition) is 3. The Bertz CT molecular complexity index is 454. The highest BCUT2D eigenvalue weighted by Crippen LogP contribution is 2.28. The van der Waals surface area contributed by atoms with Crippen molar-refractivity contribution in [2.75, 3.05) is 0 Å². The van der Waals surface area contributed by atoms with E-state index in [4.69, 9.17) is 10.4 Å². The van der Waals surface area contributed by atoms with Gasteiger partial charge >= 0.3 is 5.97 Å². The minimum absolute atomic E-state index is 0.0849. The summed E-state index contributed by atoms with van der Waals surface area (Å²) in [4.78, 5) is 10.8. The first-order valence-corrected chi connectivity index (χ1v) is 4.20. The molecule has 0 saturated heterocycles. The average molecular weight is 229 g/mol. The maximum Gasteiger partial charge on any atom is 0.337 e. The van der Waals surface area contributed by atoms with Gasteiger partial charge in [-0.15, -0.1) is 12.6 Å². The van der Waals surface area contributed by atoms with Gasteiger partial charge in [0.2, 0.25) is 0 Å². The van der Waals surface area contributed by atoms with Gasteiger partial charge in [0.15, 0.2) is 0 Å². The molecular formula is C9H5F2NO2S. The molecule has 6 heteroatoms. The molecule has 15 heavy (non-hydrogen) atoms. The van der Waals surface area contributed by atoms with Crippen molar-refractivity contribution in [2.24, 2.45) is 0 Å². The first kappa shape index (κ1) is 11.5. The lowest BCUT2D eigenvalue weighted by Crippen LogP contribution is -2.04. The van der Waals surface area contributed by atoms with Gasteiger partial charge in [0.1, 0.15) is 6.07 Å². The topological polar surface area (TPSA) is 61.1 Å². The second-order valence-corrected chi connectivity index (χ2v) is 3.19. The Balaban J connectivity index is 3.54. The zero-order valence-electron chi connectivity index (χ0n) is 7.24. The normalized spacial score (nSPS) is 10.1. The van der Waals surface area contributed by atoms with Crippen LogP contribution in [0.4, 0.5) is 8.78 Å². The third-order valence-corrected chi connectivity index (χ3v) is 1.99. The summed E-state index contributed by atoms with van der Waals surface area (Å²) in [5.74, 6) is -1.43. The molecular weight excluding hydrogens is 224 g/mol. The number of carboxylic acids is 1. The van der Waals surface area contributed by atoms with Gasteiger partial charge < -0.3 is 5.11 Å². The number of alkyl halides is 2. The van der Waals surface area contributed by atoms with E-state index in [1.54, 1.807) is 0 Å². The number of carboxylic acid groups (broad SMARTS) is 1. The lowest BCUT2D eigenvalue weighted by atomic mass is 10.0. The SMILES string of the molecule is N#Cc1c(C(=O)O)cc(S)cc1C(F)F. The molecule has 0 saturated carbocycles. The van der Waals surface area contributed by atoms with Gasteiger partial charge in [-0.3, -0.25) is 0 Å². The number of thiol groups is 1. The summed E-state index contributed by atoms with van der Waals surface area (Å²) in [6.45, 7) is 0. The van der Waals surface area contributed by atoms with Gasteiger partial charge in [-0.1, -0.05) is 0 Å². The molecule has 1 rings (SSSR count). The van der Waals surface area contributed by atoms with Crippen LogP contribution in [0.2, 0.25) is 0 Å². The highest BCUT2D eigenvalue weighted by Gasteiger charge is 2.20. The van der Waals surface area contributed by atoms with Crippen LogP contribution in [0.3, 0.4) is 0 Å². The predicted molar refractivity (Wildman–Crippen MR) is 50.3 cm³/mol. The maximum absolute atomic E-state index is 12.5. The molecule has 0 aliphatic rings. The van der Waals surface area contributed by atoms with Crippen molar-refractivity contribution in [3.63, 3.8) is 0 Å². The second kappa shape index (κ2) is 4.28. The van der Waals surface area contributed by atoms with Crippen molar-refractivity contribution in [1.29, 1.82) is 5.26 Å². The molecule has 0 bridgehead atoms. The number of aromatic carboxylic acids is 1. The van der Waals surface area contributed by atoms with Crippen molar-refractivity contribution >= 4 is 18.6 Å². The maximum atomic E-state index is 12.5. The first-order valence-electron chi connectivity index (χ1n) is 3.75. The third kappa shape index (κ3) is 2.25. The fourth-order valence-corrected chi connectivity index (χ4v) is 1.38. The minimum atomic E-state index is -2.90. The molecule has 0 unspecified atom stereocenters. The van der Waals surface area contributed by atoms with Crippen LogP contribution < -0.4 is 0 Å². The van der Waals surface area contributed by atoms with Gasteiger partial charge in [-0.25, -0.2) is 13.6 Å². The molecule has 0 heterocycles. The quantitative estimate of drug-likeness (QED) is 0.766. The van der Waals surface area contributed by atoms with Gasteiger partial charge in [0, 0.05) is 10.5 Å². The molecule has 0 fully saturated rings. The Labute approximate surface area is 89.4 Å². The van der Waals surface area contributed by atoms with E-state index >= 15 is 0 Å². The zero-order chi connectivity index (χ0) is 11.6. The van der Waals surface area contributed by atoms with Crippen molar-refractivity contribution in [1.82, 2.24) is 0 Å². The van der Waals surface area contributed by atoms with Crippen LogP contribution in [-0.4, -0.2) is 11.1 Å². The largest absolute Gasteiger partial charge is 0.478 e. The van der Waals surface area contributed by atoms with Crippen molar-refractivity contribution in [3.8, 4) is 6.07 Å². The van der Waals surface area contributed by atoms with Gasteiger partial charge in [-0.05, 0) is 12.1 Å². The molecule has 0 spiro atoms. The Kier molecular flexibility index (Phi) is 3.27. The molecule has 0 atom stereocenters. The standard InChI is InChI=1S/C9H5F2NO2S/c10-8(11)5-1-4(15)2-6(9(13)14)7(5)3-12/h1-2,8,15H,(H,13,14). The monoisotopic (exact) mass is 229 g/mol. The van der Waals surface area contributed by atoms with Gasteiger partial charge in [0.25, 0.3) is 6.43 Å². The fraction of sp³-hybridized carbons (Fsp3) is 0.111. The predicted octanol–water partition coefficient (Wildman–Crippen LogP) is 2.48. The van der Waals surface area contributed by atoms with Crippen LogP contribution in [0.25, 0.3) is 0 Å². The van der Waals surface area contributed by atoms with E-state index in [0.29, 0.717) is 0 Å².